The minimum Gasteiger partial charge on any atom is -0.424 e. The van der Waals surface area contributed by atoms with Crippen LogP contribution in [0.4, 0.5) is 16.2 Å². The number of anilines is 2. The quantitative estimate of drug-likeness (QED) is 0.664. The normalized spacial score (nSPS) is 9.65. The van der Waals surface area contributed by atoms with Gasteiger partial charge in [-0.25, -0.2) is 4.79 Å². The molecular weight excluding hydrogens is 256 g/mol. The molecule has 2 N–H and O–H groups in total. The molecule has 0 radical (unpaired) electrons. The Morgan fingerprint density at radius 2 is 1.55 bits per heavy atom. The predicted molar refractivity (Wildman–Crippen MR) is 76.8 cm³/mol. The maximum Gasteiger partial charge on any atom is 0.323 e. The smallest absolute Gasteiger partial charge is 0.323 e. The van der Waals surface area contributed by atoms with Crippen LogP contribution in [0.25, 0.3) is 0 Å². The van der Waals surface area contributed by atoms with Crippen molar-refractivity contribution in [3.63, 3.8) is 0 Å². The number of rotatable bonds is 3. The second-order valence-corrected chi connectivity index (χ2v) is 4.03. The summed E-state index contributed by atoms with van der Waals surface area (Å²) in [4.78, 5) is 22.8. The summed E-state index contributed by atoms with van der Waals surface area (Å²) in [6.07, 6.45) is 0. The molecule has 0 fully saturated rings. The predicted octanol–water partition coefficient (Wildman–Crippen LogP) is 3.26. The lowest BCUT2D eigenvalue weighted by atomic mass is 10.3. The Hall–Kier alpha value is -2.82. The Balaban J connectivity index is 2.06. The molecule has 2 aromatic rings. The first kappa shape index (κ1) is 13.6. The topological polar surface area (TPSA) is 67.4 Å². The highest BCUT2D eigenvalue weighted by Gasteiger charge is 2.08. The molecule has 5 nitrogen and oxygen atoms in total. The zero-order valence-electron chi connectivity index (χ0n) is 10.9. The van der Waals surface area contributed by atoms with Crippen molar-refractivity contribution in [2.24, 2.45) is 0 Å². The minimum atomic E-state index is -0.442. The van der Waals surface area contributed by atoms with Gasteiger partial charge >= 0.3 is 12.0 Å². The molecule has 2 rings (SSSR count). The molecule has 0 saturated carbocycles. The van der Waals surface area contributed by atoms with Crippen molar-refractivity contribution < 1.29 is 14.3 Å². The summed E-state index contributed by atoms with van der Waals surface area (Å²) in [6, 6.07) is 15.4. The molecule has 2 aromatic carbocycles. The van der Waals surface area contributed by atoms with Crippen LogP contribution in [0, 0.1) is 0 Å². The van der Waals surface area contributed by atoms with E-state index in [1.165, 1.54) is 6.92 Å². The van der Waals surface area contributed by atoms with Crippen molar-refractivity contribution in [3.05, 3.63) is 54.6 Å². The first-order valence-corrected chi connectivity index (χ1v) is 6.05. The number of carbonyl (C=O) groups is 2. The Morgan fingerprint density at radius 1 is 0.900 bits per heavy atom. The molecule has 0 bridgehead atoms. The van der Waals surface area contributed by atoms with E-state index in [-0.39, 0.29) is 0 Å². The number of amides is 2. The van der Waals surface area contributed by atoms with Crippen molar-refractivity contribution in [1.29, 1.82) is 0 Å². The van der Waals surface area contributed by atoms with Gasteiger partial charge in [0, 0.05) is 12.6 Å². The van der Waals surface area contributed by atoms with Gasteiger partial charge in [0.05, 0.1) is 5.69 Å². The highest BCUT2D eigenvalue weighted by atomic mass is 16.5. The van der Waals surface area contributed by atoms with Gasteiger partial charge in [-0.2, -0.15) is 0 Å². The summed E-state index contributed by atoms with van der Waals surface area (Å²) in [5.74, 6) is -0.133. The fraction of sp³-hybridized carbons (Fsp3) is 0.0667. The summed E-state index contributed by atoms with van der Waals surface area (Å²) in [7, 11) is 0. The molecule has 0 atom stereocenters. The molecule has 5 heteroatoms. The summed E-state index contributed by atoms with van der Waals surface area (Å²) in [6.45, 7) is 1.31. The highest BCUT2D eigenvalue weighted by Crippen LogP contribution is 2.24. The number of hydrogen-bond donors (Lipinski definition) is 2. The zero-order chi connectivity index (χ0) is 14.4. The van der Waals surface area contributed by atoms with Crippen LogP contribution in [0.5, 0.6) is 5.75 Å². The van der Waals surface area contributed by atoms with E-state index in [9.17, 15) is 9.59 Å². The van der Waals surface area contributed by atoms with Crippen molar-refractivity contribution in [2.75, 3.05) is 10.6 Å². The van der Waals surface area contributed by atoms with Crippen LogP contribution in [0.1, 0.15) is 6.92 Å². The SMILES string of the molecule is CC(=O)Oc1ccccc1NC(=O)Nc1ccccc1. The van der Waals surface area contributed by atoms with Crippen LogP contribution in [0.3, 0.4) is 0 Å². The number of ether oxygens (including phenoxy) is 1. The second kappa shape index (κ2) is 6.38. The van der Waals surface area contributed by atoms with E-state index in [1.54, 1.807) is 36.4 Å². The van der Waals surface area contributed by atoms with Crippen LogP contribution in [0.15, 0.2) is 54.6 Å². The number of esters is 1. The van der Waals surface area contributed by atoms with E-state index >= 15 is 0 Å². The van der Waals surface area contributed by atoms with Gasteiger partial charge in [0.25, 0.3) is 0 Å². The summed E-state index contributed by atoms with van der Waals surface area (Å²) < 4.78 is 5.02. The summed E-state index contributed by atoms with van der Waals surface area (Å²) in [5.41, 5.74) is 1.10. The Kier molecular flexibility index (Phi) is 4.34. The monoisotopic (exact) mass is 270 g/mol. The van der Waals surface area contributed by atoms with Crippen LogP contribution in [-0.2, 0) is 4.79 Å². The highest BCUT2D eigenvalue weighted by molar-refractivity contribution is 6.00. The molecule has 0 aliphatic rings. The van der Waals surface area contributed by atoms with Gasteiger partial charge in [0.2, 0.25) is 0 Å². The fourth-order valence-corrected chi connectivity index (χ4v) is 1.62. The van der Waals surface area contributed by atoms with Gasteiger partial charge in [-0.05, 0) is 24.3 Å². The lowest BCUT2D eigenvalue weighted by Gasteiger charge is -2.11. The largest absolute Gasteiger partial charge is 0.424 e. The molecule has 0 spiro atoms. The van der Waals surface area contributed by atoms with E-state index in [1.807, 2.05) is 18.2 Å². The lowest BCUT2D eigenvalue weighted by Crippen LogP contribution is -2.20. The lowest BCUT2D eigenvalue weighted by molar-refractivity contribution is -0.131. The summed E-state index contributed by atoms with van der Waals surface area (Å²) >= 11 is 0. The van der Waals surface area contributed by atoms with Crippen molar-refractivity contribution in [2.45, 2.75) is 6.92 Å². The molecule has 0 aliphatic heterocycles. The number of urea groups is 1. The van der Waals surface area contributed by atoms with Crippen LogP contribution >= 0.6 is 0 Å². The third-order valence-electron chi connectivity index (χ3n) is 2.42. The molecule has 0 aromatic heterocycles. The van der Waals surface area contributed by atoms with Gasteiger partial charge in [0.15, 0.2) is 5.75 Å². The number of benzene rings is 2. The number of carbonyl (C=O) groups excluding carboxylic acids is 2. The third-order valence-corrected chi connectivity index (χ3v) is 2.42. The molecule has 102 valence electrons. The van der Waals surface area contributed by atoms with Crippen molar-refractivity contribution in [3.8, 4) is 5.75 Å². The molecule has 0 saturated heterocycles. The standard InChI is InChI=1S/C15H14N2O3/c1-11(18)20-14-10-6-5-9-13(14)17-15(19)16-12-7-3-2-4-8-12/h2-10H,1H3,(H2,16,17,19). The molecule has 0 aliphatic carbocycles. The van der Waals surface area contributed by atoms with Crippen LogP contribution in [0.2, 0.25) is 0 Å². The van der Waals surface area contributed by atoms with Crippen LogP contribution in [-0.4, -0.2) is 12.0 Å². The van der Waals surface area contributed by atoms with E-state index in [0.717, 1.165) is 0 Å². The van der Waals surface area contributed by atoms with Crippen LogP contribution < -0.4 is 15.4 Å². The Morgan fingerprint density at radius 3 is 2.25 bits per heavy atom. The Labute approximate surface area is 116 Å². The number of hydrogen-bond acceptors (Lipinski definition) is 3. The van der Waals surface area contributed by atoms with E-state index in [2.05, 4.69) is 10.6 Å². The van der Waals surface area contributed by atoms with Gasteiger partial charge in [-0.15, -0.1) is 0 Å². The summed E-state index contributed by atoms with van der Waals surface area (Å²) in [5, 5.41) is 5.32. The Bertz CT molecular complexity index is 612. The maximum atomic E-state index is 11.9. The zero-order valence-corrected chi connectivity index (χ0v) is 10.9. The first-order chi connectivity index (χ1) is 9.65. The minimum absolute atomic E-state index is 0.309. The van der Waals surface area contributed by atoms with Gasteiger partial charge in [-0.3, -0.25) is 4.79 Å². The number of para-hydroxylation sites is 3. The van der Waals surface area contributed by atoms with Gasteiger partial charge < -0.3 is 15.4 Å². The number of nitrogens with one attached hydrogen (secondary N) is 2. The van der Waals surface area contributed by atoms with E-state index in [4.69, 9.17) is 4.74 Å². The molecule has 2 amide bonds. The molecule has 20 heavy (non-hydrogen) atoms. The molecular formula is C15H14N2O3. The van der Waals surface area contributed by atoms with Gasteiger partial charge in [-0.1, -0.05) is 30.3 Å². The fourth-order valence-electron chi connectivity index (χ4n) is 1.62. The van der Waals surface area contributed by atoms with Crippen molar-refractivity contribution in [1.82, 2.24) is 0 Å². The molecule has 0 heterocycles. The van der Waals surface area contributed by atoms with Gasteiger partial charge in [0.1, 0.15) is 0 Å². The second-order valence-electron chi connectivity index (χ2n) is 4.03. The average molecular weight is 270 g/mol. The molecule has 0 unspecified atom stereocenters. The maximum absolute atomic E-state index is 11.9. The van der Waals surface area contributed by atoms with E-state index < -0.39 is 12.0 Å². The van der Waals surface area contributed by atoms with E-state index in [0.29, 0.717) is 17.1 Å². The first-order valence-electron chi connectivity index (χ1n) is 6.05. The average Bonchev–Trinajstić information content (AvgIpc) is 2.41. The van der Waals surface area contributed by atoms with Crippen molar-refractivity contribution >= 4 is 23.4 Å². The third kappa shape index (κ3) is 3.84.